The van der Waals surface area contributed by atoms with Crippen molar-refractivity contribution in [3.05, 3.63) is 41.5 Å². The lowest BCUT2D eigenvalue weighted by Gasteiger charge is -2.42. The van der Waals surface area contributed by atoms with Gasteiger partial charge in [-0.05, 0) is 84.9 Å². The first-order valence-corrected chi connectivity index (χ1v) is 10.3. The van der Waals surface area contributed by atoms with Crippen LogP contribution in [0.2, 0.25) is 0 Å². The van der Waals surface area contributed by atoms with Crippen LogP contribution in [-0.4, -0.2) is 6.61 Å². The number of rotatable bonds is 4. The molecule has 2 aromatic rings. The Labute approximate surface area is 163 Å². The Morgan fingerprint density at radius 2 is 1.68 bits per heavy atom. The van der Waals surface area contributed by atoms with Gasteiger partial charge in [0.1, 0.15) is 5.82 Å². The monoisotopic (exact) mass is 394 g/mol. The van der Waals surface area contributed by atoms with E-state index in [1.807, 2.05) is 6.07 Å². The summed E-state index contributed by atoms with van der Waals surface area (Å²) in [5.41, 5.74) is 0.892. The predicted molar refractivity (Wildman–Crippen MR) is 102 cm³/mol. The molecule has 0 heterocycles. The van der Waals surface area contributed by atoms with Crippen molar-refractivity contribution in [2.75, 3.05) is 0 Å². The standard InChI is InChI=1S/C23H26F4O/c1-2-13-3-4-15-8-16(6-5-14(15)7-13)17-9-18-11-21(25)22(28-23(26)27)12-19(18)20(24)10-17/h9-16,23H,2-8H2,1H3/t13-,14?,15-,16?/m1/s1. The van der Waals surface area contributed by atoms with Gasteiger partial charge in [0, 0.05) is 5.39 Å². The fraction of sp³-hybridized carbons (Fsp3) is 0.565. The molecule has 1 nitrogen and oxygen atoms in total. The molecule has 152 valence electrons. The maximum Gasteiger partial charge on any atom is 0.387 e. The highest BCUT2D eigenvalue weighted by Gasteiger charge is 2.35. The molecule has 2 aliphatic rings. The molecule has 0 aromatic heterocycles. The zero-order valence-corrected chi connectivity index (χ0v) is 16.1. The summed E-state index contributed by atoms with van der Waals surface area (Å²) < 4.78 is 57.8. The first-order valence-electron chi connectivity index (χ1n) is 10.3. The third-order valence-electron chi connectivity index (χ3n) is 6.96. The predicted octanol–water partition coefficient (Wildman–Crippen LogP) is 7.43. The summed E-state index contributed by atoms with van der Waals surface area (Å²) in [5.74, 6) is 0.573. The Hall–Kier alpha value is -1.78. The van der Waals surface area contributed by atoms with E-state index in [4.69, 9.17) is 0 Å². The number of benzene rings is 2. The molecule has 0 aliphatic heterocycles. The Balaban J connectivity index is 1.58. The molecule has 2 saturated carbocycles. The van der Waals surface area contributed by atoms with Crippen molar-refractivity contribution >= 4 is 10.8 Å². The van der Waals surface area contributed by atoms with Gasteiger partial charge in [0.2, 0.25) is 0 Å². The van der Waals surface area contributed by atoms with Gasteiger partial charge in [-0.1, -0.05) is 25.8 Å². The topological polar surface area (TPSA) is 9.23 Å². The van der Waals surface area contributed by atoms with Crippen LogP contribution in [0.1, 0.15) is 63.4 Å². The Bertz CT molecular complexity index is 850. The minimum absolute atomic E-state index is 0.109. The van der Waals surface area contributed by atoms with E-state index in [9.17, 15) is 17.6 Å². The first-order chi connectivity index (χ1) is 13.4. The number of ether oxygens (including phenoxy) is 1. The van der Waals surface area contributed by atoms with Crippen LogP contribution < -0.4 is 4.74 Å². The van der Waals surface area contributed by atoms with Crippen molar-refractivity contribution < 1.29 is 22.3 Å². The number of hydrogen-bond donors (Lipinski definition) is 0. The van der Waals surface area contributed by atoms with Crippen LogP contribution >= 0.6 is 0 Å². The van der Waals surface area contributed by atoms with E-state index in [1.165, 1.54) is 38.2 Å². The van der Waals surface area contributed by atoms with Crippen molar-refractivity contribution in [3.63, 3.8) is 0 Å². The lowest BCUT2D eigenvalue weighted by molar-refractivity contribution is -0.0520. The van der Waals surface area contributed by atoms with Gasteiger partial charge < -0.3 is 4.74 Å². The van der Waals surface area contributed by atoms with E-state index in [0.717, 1.165) is 42.4 Å². The van der Waals surface area contributed by atoms with Gasteiger partial charge in [0.05, 0.1) is 0 Å². The lowest BCUT2D eigenvalue weighted by atomic mass is 9.63. The summed E-state index contributed by atoms with van der Waals surface area (Å²) in [6.45, 7) is -0.877. The highest BCUT2D eigenvalue weighted by molar-refractivity contribution is 5.85. The molecule has 0 amide bonds. The van der Waals surface area contributed by atoms with Crippen LogP contribution in [-0.2, 0) is 0 Å². The SMILES string of the molecule is CC[C@@H]1CC[C@@H]2CC(c3cc(F)c4cc(OC(F)F)c(F)cc4c3)CCC2C1. The van der Waals surface area contributed by atoms with Crippen LogP contribution in [0, 0.1) is 29.4 Å². The minimum atomic E-state index is -3.15. The Kier molecular flexibility index (Phi) is 5.52. The van der Waals surface area contributed by atoms with Crippen molar-refractivity contribution in [2.45, 2.75) is 64.4 Å². The zero-order valence-electron chi connectivity index (χ0n) is 16.1. The van der Waals surface area contributed by atoms with Crippen LogP contribution in [0.3, 0.4) is 0 Å². The van der Waals surface area contributed by atoms with Gasteiger partial charge in [-0.15, -0.1) is 0 Å². The molecule has 2 unspecified atom stereocenters. The van der Waals surface area contributed by atoms with Crippen molar-refractivity contribution in [2.24, 2.45) is 17.8 Å². The van der Waals surface area contributed by atoms with Crippen LogP contribution in [0.25, 0.3) is 10.8 Å². The Morgan fingerprint density at radius 1 is 0.929 bits per heavy atom. The largest absolute Gasteiger partial charge is 0.432 e. The molecule has 0 radical (unpaired) electrons. The summed E-state index contributed by atoms with van der Waals surface area (Å²) >= 11 is 0. The summed E-state index contributed by atoms with van der Waals surface area (Å²) in [4.78, 5) is 0. The molecule has 4 atom stereocenters. The average molecular weight is 394 g/mol. The van der Waals surface area contributed by atoms with E-state index < -0.39 is 24.0 Å². The van der Waals surface area contributed by atoms with Crippen molar-refractivity contribution in [1.29, 1.82) is 0 Å². The molecular formula is C23H26F4O. The van der Waals surface area contributed by atoms with Gasteiger partial charge in [0.25, 0.3) is 0 Å². The van der Waals surface area contributed by atoms with Crippen LogP contribution in [0.5, 0.6) is 5.75 Å². The lowest BCUT2D eigenvalue weighted by Crippen LogP contribution is -2.30. The second kappa shape index (κ2) is 7.92. The van der Waals surface area contributed by atoms with Gasteiger partial charge in [-0.25, -0.2) is 8.78 Å². The van der Waals surface area contributed by atoms with E-state index >= 15 is 0 Å². The van der Waals surface area contributed by atoms with E-state index in [-0.39, 0.29) is 11.3 Å². The molecule has 5 heteroatoms. The van der Waals surface area contributed by atoms with Crippen molar-refractivity contribution in [3.8, 4) is 5.75 Å². The summed E-state index contributed by atoms with van der Waals surface area (Å²) in [7, 11) is 0. The third-order valence-corrected chi connectivity index (χ3v) is 6.96. The van der Waals surface area contributed by atoms with E-state index in [2.05, 4.69) is 11.7 Å². The number of halogens is 4. The number of fused-ring (bicyclic) bond motifs is 2. The molecule has 0 bridgehead atoms. The second-order valence-electron chi connectivity index (χ2n) is 8.50. The van der Waals surface area contributed by atoms with Gasteiger partial charge >= 0.3 is 6.61 Å². The molecule has 2 aliphatic carbocycles. The number of alkyl halides is 2. The van der Waals surface area contributed by atoms with Gasteiger partial charge in [0.15, 0.2) is 11.6 Å². The third kappa shape index (κ3) is 3.85. The average Bonchev–Trinajstić information content (AvgIpc) is 2.67. The summed E-state index contributed by atoms with van der Waals surface area (Å²) in [6, 6.07) is 5.43. The van der Waals surface area contributed by atoms with Crippen LogP contribution in [0.4, 0.5) is 17.6 Å². The zero-order chi connectivity index (χ0) is 19.8. The maximum absolute atomic E-state index is 14.7. The van der Waals surface area contributed by atoms with Gasteiger partial charge in [-0.2, -0.15) is 8.78 Å². The van der Waals surface area contributed by atoms with Crippen molar-refractivity contribution in [1.82, 2.24) is 0 Å². The normalized spacial score (nSPS) is 27.8. The van der Waals surface area contributed by atoms with E-state index in [1.54, 1.807) is 0 Å². The quantitative estimate of drug-likeness (QED) is 0.490. The highest BCUT2D eigenvalue weighted by atomic mass is 19.3. The Morgan fingerprint density at radius 3 is 2.43 bits per heavy atom. The number of hydrogen-bond acceptors (Lipinski definition) is 1. The molecule has 0 spiro atoms. The van der Waals surface area contributed by atoms with E-state index in [0.29, 0.717) is 11.3 Å². The minimum Gasteiger partial charge on any atom is -0.432 e. The second-order valence-corrected chi connectivity index (χ2v) is 8.50. The molecule has 2 fully saturated rings. The molecule has 0 N–H and O–H groups in total. The van der Waals surface area contributed by atoms with Crippen LogP contribution in [0.15, 0.2) is 24.3 Å². The maximum atomic E-state index is 14.7. The van der Waals surface area contributed by atoms with Gasteiger partial charge in [-0.3, -0.25) is 0 Å². The smallest absolute Gasteiger partial charge is 0.387 e. The summed E-state index contributed by atoms with van der Waals surface area (Å²) in [6.07, 6.45) is 8.36. The fourth-order valence-electron chi connectivity index (χ4n) is 5.42. The molecular weight excluding hydrogens is 368 g/mol. The highest BCUT2D eigenvalue weighted by Crippen LogP contribution is 2.48. The first kappa shape index (κ1) is 19.5. The molecule has 28 heavy (non-hydrogen) atoms. The molecule has 2 aromatic carbocycles. The fourth-order valence-corrected chi connectivity index (χ4v) is 5.42. The molecule has 0 saturated heterocycles. The summed E-state index contributed by atoms with van der Waals surface area (Å²) in [5, 5.41) is 0.504. The molecule has 4 rings (SSSR count).